The van der Waals surface area contributed by atoms with Gasteiger partial charge in [0.25, 0.3) is 5.91 Å². The number of urea groups is 1. The van der Waals surface area contributed by atoms with Gasteiger partial charge in [-0.1, -0.05) is 24.3 Å². The molecule has 1 aliphatic rings. The molecule has 0 aliphatic carbocycles. The van der Waals surface area contributed by atoms with Gasteiger partial charge in [-0.2, -0.15) is 0 Å². The van der Waals surface area contributed by atoms with E-state index in [0.29, 0.717) is 29.4 Å². The molecule has 4 rings (SSSR count). The van der Waals surface area contributed by atoms with Crippen molar-refractivity contribution in [2.75, 3.05) is 0 Å². The van der Waals surface area contributed by atoms with Crippen LogP contribution < -0.4 is 20.1 Å². The van der Waals surface area contributed by atoms with Crippen LogP contribution in [0.25, 0.3) is 0 Å². The highest BCUT2D eigenvalue weighted by Crippen LogP contribution is 2.31. The van der Waals surface area contributed by atoms with Crippen LogP contribution in [0, 0.1) is 0 Å². The van der Waals surface area contributed by atoms with E-state index in [1.54, 1.807) is 36.5 Å². The number of aromatic nitrogens is 1. The van der Waals surface area contributed by atoms with Crippen molar-refractivity contribution in [3.63, 3.8) is 0 Å². The first-order valence-corrected chi connectivity index (χ1v) is 9.27. The molecule has 2 heterocycles. The van der Waals surface area contributed by atoms with Crippen LogP contribution in [0.4, 0.5) is 4.79 Å². The van der Waals surface area contributed by atoms with Gasteiger partial charge in [-0.3, -0.25) is 15.1 Å². The zero-order valence-electron chi connectivity index (χ0n) is 15.9. The maximum absolute atomic E-state index is 12.0. The molecular weight excluding hydrogens is 386 g/mol. The fourth-order valence-electron chi connectivity index (χ4n) is 3.05. The van der Waals surface area contributed by atoms with E-state index in [2.05, 4.69) is 15.6 Å². The number of ether oxygens (including phenoxy) is 2. The van der Waals surface area contributed by atoms with E-state index in [0.717, 1.165) is 11.1 Å². The van der Waals surface area contributed by atoms with E-state index in [-0.39, 0.29) is 6.61 Å². The molecule has 8 nitrogen and oxygen atoms in total. The Morgan fingerprint density at radius 2 is 1.77 bits per heavy atom. The average Bonchev–Trinajstić information content (AvgIpc) is 3.11. The standard InChI is InChI=1S/C22H19N3O5/c26-12-14-2-1-3-15(10-14)13-29-16-4-6-17(7-5-16)30-19-8-9-23-11-18(19)20-21(27)25-22(28)24-20/h1-11,20,26H,12-13H2,(H2,24,25,27,28). The number of rotatable bonds is 7. The molecule has 1 atom stereocenters. The largest absolute Gasteiger partial charge is 0.489 e. The minimum Gasteiger partial charge on any atom is -0.489 e. The van der Waals surface area contributed by atoms with Gasteiger partial charge in [0, 0.05) is 18.0 Å². The van der Waals surface area contributed by atoms with Gasteiger partial charge in [-0.25, -0.2) is 4.79 Å². The van der Waals surface area contributed by atoms with E-state index >= 15 is 0 Å². The summed E-state index contributed by atoms with van der Waals surface area (Å²) in [5.41, 5.74) is 2.25. The average molecular weight is 405 g/mol. The zero-order valence-corrected chi connectivity index (χ0v) is 15.9. The Morgan fingerprint density at radius 1 is 1.00 bits per heavy atom. The Kier molecular flexibility index (Phi) is 5.58. The number of nitrogens with zero attached hydrogens (tertiary/aromatic N) is 1. The quantitative estimate of drug-likeness (QED) is 0.522. The van der Waals surface area contributed by atoms with Crippen LogP contribution in [0.3, 0.4) is 0 Å². The summed E-state index contributed by atoms with van der Waals surface area (Å²) in [5.74, 6) is 1.17. The number of pyridine rings is 1. The monoisotopic (exact) mass is 405 g/mol. The number of nitrogens with one attached hydrogen (secondary N) is 2. The molecule has 0 bridgehead atoms. The summed E-state index contributed by atoms with van der Waals surface area (Å²) < 4.78 is 11.7. The summed E-state index contributed by atoms with van der Waals surface area (Å²) in [6, 6.07) is 14.8. The van der Waals surface area contributed by atoms with Crippen LogP contribution in [0.15, 0.2) is 67.0 Å². The SMILES string of the molecule is O=C1NC(=O)C(c2cnccc2Oc2ccc(OCc3cccc(CO)c3)cc2)N1. The van der Waals surface area contributed by atoms with Crippen molar-refractivity contribution in [2.45, 2.75) is 19.3 Å². The lowest BCUT2D eigenvalue weighted by atomic mass is 10.1. The molecule has 1 saturated heterocycles. The van der Waals surface area contributed by atoms with Crippen molar-refractivity contribution in [1.82, 2.24) is 15.6 Å². The van der Waals surface area contributed by atoms with Crippen molar-refractivity contribution >= 4 is 11.9 Å². The van der Waals surface area contributed by atoms with Crippen molar-refractivity contribution in [1.29, 1.82) is 0 Å². The molecule has 3 aromatic rings. The van der Waals surface area contributed by atoms with Gasteiger partial charge in [0.15, 0.2) is 0 Å². The molecule has 0 saturated carbocycles. The number of imide groups is 1. The third-order valence-corrected chi connectivity index (χ3v) is 4.53. The molecule has 1 aromatic heterocycles. The number of hydrogen-bond acceptors (Lipinski definition) is 6. The molecule has 1 unspecified atom stereocenters. The Bertz CT molecular complexity index is 1070. The molecule has 8 heteroatoms. The summed E-state index contributed by atoms with van der Waals surface area (Å²) in [7, 11) is 0. The topological polar surface area (TPSA) is 110 Å². The second-order valence-corrected chi connectivity index (χ2v) is 6.65. The van der Waals surface area contributed by atoms with Crippen LogP contribution in [0.5, 0.6) is 17.2 Å². The summed E-state index contributed by atoms with van der Waals surface area (Å²) in [4.78, 5) is 27.4. The minimum absolute atomic E-state index is 0.0108. The lowest BCUT2D eigenvalue weighted by molar-refractivity contribution is -0.120. The molecule has 1 aliphatic heterocycles. The predicted molar refractivity (Wildman–Crippen MR) is 107 cm³/mol. The second-order valence-electron chi connectivity index (χ2n) is 6.65. The van der Waals surface area contributed by atoms with Crippen LogP contribution in [-0.2, 0) is 18.0 Å². The molecule has 0 spiro atoms. The summed E-state index contributed by atoms with van der Waals surface area (Å²) in [5, 5.41) is 14.0. The van der Waals surface area contributed by atoms with Crippen LogP contribution in [0.2, 0.25) is 0 Å². The normalized spacial score (nSPS) is 15.4. The van der Waals surface area contributed by atoms with Crippen molar-refractivity contribution in [3.8, 4) is 17.2 Å². The summed E-state index contributed by atoms with van der Waals surface area (Å²) in [6.07, 6.45) is 3.04. The van der Waals surface area contributed by atoms with E-state index in [9.17, 15) is 14.7 Å². The first-order valence-electron chi connectivity index (χ1n) is 9.27. The lowest BCUT2D eigenvalue weighted by Crippen LogP contribution is -2.22. The number of hydrogen-bond donors (Lipinski definition) is 3. The molecule has 2 aromatic carbocycles. The number of aliphatic hydroxyl groups is 1. The van der Waals surface area contributed by atoms with Gasteiger partial charge >= 0.3 is 6.03 Å². The minimum atomic E-state index is -0.849. The molecule has 30 heavy (non-hydrogen) atoms. The highest BCUT2D eigenvalue weighted by molar-refractivity contribution is 6.04. The first kappa shape index (κ1) is 19.4. The van der Waals surface area contributed by atoms with Crippen LogP contribution in [-0.4, -0.2) is 22.0 Å². The highest BCUT2D eigenvalue weighted by Gasteiger charge is 2.33. The zero-order chi connectivity index (χ0) is 20.9. The third kappa shape index (κ3) is 4.39. The van der Waals surface area contributed by atoms with E-state index in [4.69, 9.17) is 9.47 Å². The maximum Gasteiger partial charge on any atom is 0.322 e. The maximum atomic E-state index is 12.0. The fraction of sp³-hybridized carbons (Fsp3) is 0.136. The Labute approximate surface area is 172 Å². The molecule has 3 amide bonds. The Morgan fingerprint density at radius 3 is 2.50 bits per heavy atom. The fourth-order valence-corrected chi connectivity index (χ4v) is 3.05. The van der Waals surface area contributed by atoms with Crippen molar-refractivity contribution < 1.29 is 24.2 Å². The lowest BCUT2D eigenvalue weighted by Gasteiger charge is -2.14. The van der Waals surface area contributed by atoms with Crippen LogP contribution in [0.1, 0.15) is 22.7 Å². The van der Waals surface area contributed by atoms with Gasteiger partial charge in [0.1, 0.15) is 29.9 Å². The van der Waals surface area contributed by atoms with E-state index < -0.39 is 18.0 Å². The first-order chi connectivity index (χ1) is 14.6. The van der Waals surface area contributed by atoms with Gasteiger partial charge < -0.3 is 19.9 Å². The van der Waals surface area contributed by atoms with Gasteiger partial charge in [0.2, 0.25) is 0 Å². The molecule has 1 fully saturated rings. The molecular formula is C22H19N3O5. The van der Waals surface area contributed by atoms with Crippen LogP contribution >= 0.6 is 0 Å². The summed E-state index contributed by atoms with van der Waals surface area (Å²) in [6.45, 7) is 0.363. The van der Waals surface area contributed by atoms with E-state index in [1.807, 2.05) is 24.3 Å². The summed E-state index contributed by atoms with van der Waals surface area (Å²) >= 11 is 0. The smallest absolute Gasteiger partial charge is 0.322 e. The number of aliphatic hydroxyl groups excluding tert-OH is 1. The Hall–Kier alpha value is -3.91. The van der Waals surface area contributed by atoms with Crippen molar-refractivity contribution in [2.24, 2.45) is 0 Å². The third-order valence-electron chi connectivity index (χ3n) is 4.53. The number of amides is 3. The predicted octanol–water partition coefficient (Wildman–Crippen LogP) is 2.83. The van der Waals surface area contributed by atoms with E-state index in [1.165, 1.54) is 6.20 Å². The van der Waals surface area contributed by atoms with Crippen molar-refractivity contribution in [3.05, 3.63) is 83.7 Å². The van der Waals surface area contributed by atoms with Gasteiger partial charge in [-0.15, -0.1) is 0 Å². The molecule has 3 N–H and O–H groups in total. The number of carbonyl (C=O) groups is 2. The highest BCUT2D eigenvalue weighted by atomic mass is 16.5. The van der Waals surface area contributed by atoms with Gasteiger partial charge in [-0.05, 0) is 41.5 Å². The second kappa shape index (κ2) is 8.62. The number of carbonyl (C=O) groups excluding carboxylic acids is 2. The Balaban J connectivity index is 1.43. The van der Waals surface area contributed by atoms with Gasteiger partial charge in [0.05, 0.1) is 6.61 Å². The molecule has 0 radical (unpaired) electrons. The number of benzene rings is 2. The molecule has 152 valence electrons.